The molecule has 0 saturated heterocycles. The second-order valence-corrected chi connectivity index (χ2v) is 10.4. The monoisotopic (exact) mass is 665 g/mol. The molecular formula is C30H28ClF4N5O6. The fourth-order valence-electron chi connectivity index (χ4n) is 5.01. The summed E-state index contributed by atoms with van der Waals surface area (Å²) in [6, 6.07) is 15.5. The zero-order valence-electron chi connectivity index (χ0n) is 24.3. The van der Waals surface area contributed by atoms with Crippen LogP contribution in [0.15, 0.2) is 60.7 Å². The number of hydrogen-bond acceptors (Lipinski definition) is 6. The van der Waals surface area contributed by atoms with Crippen molar-refractivity contribution >= 4 is 52.2 Å². The van der Waals surface area contributed by atoms with Crippen molar-refractivity contribution in [2.75, 3.05) is 36.0 Å². The molecule has 244 valence electrons. The summed E-state index contributed by atoms with van der Waals surface area (Å²) < 4.78 is 46.9. The first-order chi connectivity index (χ1) is 21.6. The van der Waals surface area contributed by atoms with Gasteiger partial charge in [0.15, 0.2) is 11.5 Å². The third-order valence-electron chi connectivity index (χ3n) is 7.37. The Bertz CT molecular complexity index is 1780. The number of fused-ring (bicyclic) bond motifs is 2. The SMILES string of the molecule is CCN(CC)CCN(C(=O)O)c1nc2ccc(C3(O)c4ccccc4C(=O)N3c3cccc(Cl)c3F)cc2[nH]1.O=C(O)C(F)(F)F. The maximum Gasteiger partial charge on any atom is 0.490 e. The molecule has 16 heteroatoms. The summed E-state index contributed by atoms with van der Waals surface area (Å²) in [4.78, 5) is 46.2. The number of aliphatic carboxylic acids is 1. The van der Waals surface area contributed by atoms with Gasteiger partial charge < -0.3 is 25.2 Å². The number of carboxylic acid groups (broad SMARTS) is 2. The third kappa shape index (κ3) is 6.47. The maximum atomic E-state index is 15.2. The summed E-state index contributed by atoms with van der Waals surface area (Å²) in [7, 11) is 0. The fraction of sp³-hybridized carbons (Fsp3) is 0.267. The van der Waals surface area contributed by atoms with Crippen LogP contribution in [0.4, 0.5) is 34.0 Å². The molecule has 2 amide bonds. The van der Waals surface area contributed by atoms with E-state index < -0.39 is 35.7 Å². The third-order valence-corrected chi connectivity index (χ3v) is 7.66. The molecule has 0 spiro atoms. The standard InChI is InChI=1S/C28H27ClFN5O4.C2HF3O2/c1-3-33(4-2)14-15-34(27(37)38)26-31-21-13-12-17(16-22(21)32-26)28(39)19-9-6-5-8-18(19)25(36)35(28)23-11-7-10-20(29)24(23)30;3-2(4,5)1(6)7/h5-13,16,39H,3-4,14-15H2,1-2H3,(H,31,32)(H,37,38);(H,6,7). The number of imidazole rings is 1. The normalized spacial score (nSPS) is 15.9. The van der Waals surface area contributed by atoms with Gasteiger partial charge in [0.05, 0.1) is 21.7 Å². The van der Waals surface area contributed by atoms with Crippen LogP contribution in [0.5, 0.6) is 0 Å². The van der Waals surface area contributed by atoms with Crippen molar-refractivity contribution in [1.29, 1.82) is 0 Å². The van der Waals surface area contributed by atoms with Gasteiger partial charge in [0.25, 0.3) is 5.91 Å². The topological polar surface area (TPSA) is 150 Å². The first-order valence-corrected chi connectivity index (χ1v) is 14.2. The largest absolute Gasteiger partial charge is 0.490 e. The molecule has 0 bridgehead atoms. The number of carbonyl (C=O) groups excluding carboxylic acids is 1. The molecule has 5 rings (SSSR count). The van der Waals surface area contributed by atoms with Crippen molar-refractivity contribution in [2.45, 2.75) is 25.7 Å². The van der Waals surface area contributed by atoms with Crippen molar-refractivity contribution in [3.8, 4) is 0 Å². The molecule has 4 N–H and O–H groups in total. The summed E-state index contributed by atoms with van der Waals surface area (Å²) >= 11 is 6.03. The van der Waals surface area contributed by atoms with Gasteiger partial charge in [-0.15, -0.1) is 0 Å². The van der Waals surface area contributed by atoms with E-state index in [1.165, 1.54) is 18.2 Å². The average molecular weight is 666 g/mol. The lowest BCUT2D eigenvalue weighted by Crippen LogP contribution is -2.45. The lowest BCUT2D eigenvalue weighted by molar-refractivity contribution is -0.192. The lowest BCUT2D eigenvalue weighted by Gasteiger charge is -2.35. The number of halogens is 5. The molecule has 0 fully saturated rings. The molecule has 3 aromatic carbocycles. The molecule has 1 atom stereocenters. The number of aromatic nitrogens is 2. The van der Waals surface area contributed by atoms with Gasteiger partial charge in [0.2, 0.25) is 5.95 Å². The Hall–Kier alpha value is -4.73. The quantitative estimate of drug-likeness (QED) is 0.176. The summed E-state index contributed by atoms with van der Waals surface area (Å²) in [5.74, 6) is -4.05. The van der Waals surface area contributed by atoms with Gasteiger partial charge in [-0.2, -0.15) is 13.2 Å². The van der Waals surface area contributed by atoms with Crippen LogP contribution in [-0.4, -0.2) is 80.5 Å². The first-order valence-electron chi connectivity index (χ1n) is 13.8. The van der Waals surface area contributed by atoms with E-state index in [2.05, 4.69) is 14.9 Å². The van der Waals surface area contributed by atoms with Crippen LogP contribution in [0, 0.1) is 5.82 Å². The molecule has 11 nitrogen and oxygen atoms in total. The molecule has 0 aliphatic carbocycles. The smallest absolute Gasteiger partial charge is 0.475 e. The number of anilines is 2. The molecule has 0 radical (unpaired) electrons. The molecule has 2 heterocycles. The molecule has 1 aliphatic rings. The van der Waals surface area contributed by atoms with Gasteiger partial charge in [-0.3, -0.25) is 9.69 Å². The number of H-pyrrole nitrogens is 1. The molecule has 4 aromatic rings. The Kier molecular flexibility index (Phi) is 9.89. The Labute approximate surface area is 264 Å². The Morgan fingerprint density at radius 3 is 2.28 bits per heavy atom. The Morgan fingerprint density at radius 1 is 1.02 bits per heavy atom. The maximum absolute atomic E-state index is 15.2. The number of aromatic amines is 1. The van der Waals surface area contributed by atoms with Gasteiger partial charge in [0.1, 0.15) is 0 Å². The highest BCUT2D eigenvalue weighted by Gasteiger charge is 2.51. The number of carboxylic acids is 1. The van der Waals surface area contributed by atoms with Crippen LogP contribution >= 0.6 is 11.6 Å². The minimum atomic E-state index is -5.08. The molecule has 1 aromatic heterocycles. The summed E-state index contributed by atoms with van der Waals surface area (Å²) in [6.07, 6.45) is -6.24. The van der Waals surface area contributed by atoms with Gasteiger partial charge >= 0.3 is 18.2 Å². The number of aliphatic hydroxyl groups is 1. The van der Waals surface area contributed by atoms with E-state index in [4.69, 9.17) is 21.5 Å². The van der Waals surface area contributed by atoms with Crippen molar-refractivity contribution < 1.29 is 47.3 Å². The average Bonchev–Trinajstić information content (AvgIpc) is 3.53. The van der Waals surface area contributed by atoms with Gasteiger partial charge in [-0.25, -0.2) is 23.9 Å². The van der Waals surface area contributed by atoms with Crippen LogP contribution in [0.1, 0.15) is 35.3 Å². The highest BCUT2D eigenvalue weighted by atomic mass is 35.5. The van der Waals surface area contributed by atoms with E-state index in [9.17, 15) is 33.0 Å². The summed E-state index contributed by atoms with van der Waals surface area (Å²) in [6.45, 7) is 6.32. The number of likely N-dealkylation sites (N-methyl/N-ethyl adjacent to an activating group) is 1. The van der Waals surface area contributed by atoms with E-state index in [1.807, 2.05) is 13.8 Å². The van der Waals surface area contributed by atoms with E-state index in [-0.39, 0.29) is 39.9 Å². The number of benzene rings is 3. The van der Waals surface area contributed by atoms with Crippen LogP contribution < -0.4 is 9.80 Å². The van der Waals surface area contributed by atoms with Crippen molar-refractivity contribution in [2.24, 2.45) is 0 Å². The van der Waals surface area contributed by atoms with Crippen molar-refractivity contribution in [3.63, 3.8) is 0 Å². The molecule has 1 aliphatic heterocycles. The van der Waals surface area contributed by atoms with E-state index in [0.717, 1.165) is 22.9 Å². The molecular weight excluding hydrogens is 638 g/mol. The zero-order valence-corrected chi connectivity index (χ0v) is 25.1. The number of nitrogens with one attached hydrogen (secondary N) is 1. The first kappa shape index (κ1) is 34.1. The van der Waals surface area contributed by atoms with E-state index in [1.54, 1.807) is 42.5 Å². The number of carbonyl (C=O) groups is 3. The number of alkyl halides is 3. The number of amides is 2. The molecule has 0 saturated carbocycles. The summed E-state index contributed by atoms with van der Waals surface area (Å²) in [5, 5.41) is 29.0. The van der Waals surface area contributed by atoms with Gasteiger partial charge in [0, 0.05) is 29.8 Å². The number of rotatable bonds is 8. The van der Waals surface area contributed by atoms with Gasteiger partial charge in [-0.1, -0.05) is 55.8 Å². The molecule has 46 heavy (non-hydrogen) atoms. The van der Waals surface area contributed by atoms with Crippen LogP contribution in [0.25, 0.3) is 11.0 Å². The number of hydrogen-bond donors (Lipinski definition) is 4. The van der Waals surface area contributed by atoms with Crippen LogP contribution in [0.3, 0.4) is 0 Å². The Morgan fingerprint density at radius 2 is 1.67 bits per heavy atom. The van der Waals surface area contributed by atoms with Crippen molar-refractivity contribution in [1.82, 2.24) is 14.9 Å². The second kappa shape index (κ2) is 13.3. The van der Waals surface area contributed by atoms with E-state index >= 15 is 4.39 Å². The Balaban J connectivity index is 0.000000617. The highest BCUT2D eigenvalue weighted by molar-refractivity contribution is 6.31. The minimum absolute atomic E-state index is 0.134. The van der Waals surface area contributed by atoms with Crippen LogP contribution in [0.2, 0.25) is 5.02 Å². The van der Waals surface area contributed by atoms with E-state index in [0.29, 0.717) is 17.6 Å². The predicted molar refractivity (Wildman–Crippen MR) is 161 cm³/mol. The zero-order chi connectivity index (χ0) is 34.0. The predicted octanol–water partition coefficient (Wildman–Crippen LogP) is 5.67. The second-order valence-electron chi connectivity index (χ2n) is 9.99. The number of nitrogens with zero attached hydrogens (tertiary/aromatic N) is 4. The van der Waals surface area contributed by atoms with Crippen molar-refractivity contribution in [3.05, 3.63) is 88.2 Å². The fourth-order valence-corrected chi connectivity index (χ4v) is 5.18. The lowest BCUT2D eigenvalue weighted by atomic mass is 9.93. The minimum Gasteiger partial charge on any atom is -0.475 e. The van der Waals surface area contributed by atoms with Crippen LogP contribution in [-0.2, 0) is 10.5 Å². The summed E-state index contributed by atoms with van der Waals surface area (Å²) in [5.41, 5.74) is -0.595. The molecule has 1 unspecified atom stereocenters. The van der Waals surface area contributed by atoms with Gasteiger partial charge in [-0.05, 0) is 43.4 Å². The highest BCUT2D eigenvalue weighted by Crippen LogP contribution is 2.46.